The third-order valence-corrected chi connectivity index (χ3v) is 3.03. The maximum absolute atomic E-state index is 12.3. The van der Waals surface area contributed by atoms with Crippen molar-refractivity contribution < 1.29 is 41.8 Å². The minimum absolute atomic E-state index is 0.00483. The first-order valence-corrected chi connectivity index (χ1v) is 7.71. The Morgan fingerprint density at radius 3 is 1.96 bits per heavy atom. The van der Waals surface area contributed by atoms with Gasteiger partial charge in [0.2, 0.25) is 0 Å². The van der Waals surface area contributed by atoms with E-state index in [2.05, 4.69) is 17.0 Å². The van der Waals surface area contributed by atoms with Gasteiger partial charge in [-0.1, -0.05) is 12.7 Å². The van der Waals surface area contributed by atoms with Crippen molar-refractivity contribution in [3.63, 3.8) is 0 Å². The zero-order valence-corrected chi connectivity index (χ0v) is 14.6. The van der Waals surface area contributed by atoms with Gasteiger partial charge in [0.05, 0.1) is 13.2 Å². The quantitative estimate of drug-likeness (QED) is 0.191. The maximum Gasteiger partial charge on any atom is 0.422 e. The SMILES string of the molecule is C=C=CCC(C/C=C/C(=O)OCC(F)(F)F)(C(=O)OCC)C(=O)OCC. The molecule has 0 bridgehead atoms. The van der Waals surface area contributed by atoms with Crippen molar-refractivity contribution >= 4 is 17.9 Å². The molecule has 9 heteroatoms. The minimum atomic E-state index is -4.65. The summed E-state index contributed by atoms with van der Waals surface area (Å²) < 4.78 is 49.9. The highest BCUT2D eigenvalue weighted by Crippen LogP contribution is 2.32. The van der Waals surface area contributed by atoms with Gasteiger partial charge in [-0.3, -0.25) is 9.59 Å². The fourth-order valence-corrected chi connectivity index (χ4v) is 1.84. The Hall–Kier alpha value is -2.54. The summed E-state index contributed by atoms with van der Waals surface area (Å²) in [5.74, 6) is -3.04. The minimum Gasteiger partial charge on any atom is -0.465 e. The number of halogens is 3. The number of esters is 3. The Labute approximate surface area is 149 Å². The number of hydrogen-bond donors (Lipinski definition) is 0. The molecule has 0 radical (unpaired) electrons. The molecule has 0 heterocycles. The molecule has 0 saturated heterocycles. The number of hydrogen-bond acceptors (Lipinski definition) is 6. The molecule has 146 valence electrons. The molecule has 0 saturated carbocycles. The second-order valence-corrected chi connectivity index (χ2v) is 4.96. The molecule has 0 amide bonds. The molecule has 0 aliphatic rings. The van der Waals surface area contributed by atoms with Gasteiger partial charge in [-0.05, 0) is 32.8 Å². The van der Waals surface area contributed by atoms with Crippen molar-refractivity contribution in [1.82, 2.24) is 0 Å². The van der Waals surface area contributed by atoms with Crippen molar-refractivity contribution in [3.8, 4) is 0 Å². The van der Waals surface area contributed by atoms with Crippen molar-refractivity contribution in [3.05, 3.63) is 30.5 Å². The first-order chi connectivity index (χ1) is 12.1. The van der Waals surface area contributed by atoms with Gasteiger partial charge in [-0.25, -0.2) is 4.79 Å². The molecule has 0 unspecified atom stereocenters. The fraction of sp³-hybridized carbons (Fsp3) is 0.529. The molecule has 0 fully saturated rings. The molecule has 0 aromatic rings. The van der Waals surface area contributed by atoms with E-state index in [-0.39, 0.29) is 26.1 Å². The van der Waals surface area contributed by atoms with E-state index in [4.69, 9.17) is 9.47 Å². The summed E-state index contributed by atoms with van der Waals surface area (Å²) >= 11 is 0. The van der Waals surface area contributed by atoms with Crippen LogP contribution in [0, 0.1) is 5.41 Å². The van der Waals surface area contributed by atoms with Crippen LogP contribution in [0.2, 0.25) is 0 Å². The zero-order valence-electron chi connectivity index (χ0n) is 14.6. The van der Waals surface area contributed by atoms with Crippen molar-refractivity contribution in [2.75, 3.05) is 19.8 Å². The van der Waals surface area contributed by atoms with E-state index in [1.54, 1.807) is 13.8 Å². The lowest BCUT2D eigenvalue weighted by molar-refractivity contribution is -0.182. The molecular weight excluding hydrogens is 357 g/mol. The summed E-state index contributed by atoms with van der Waals surface area (Å²) in [5, 5.41) is 0. The van der Waals surface area contributed by atoms with Crippen LogP contribution in [0.15, 0.2) is 30.5 Å². The maximum atomic E-state index is 12.3. The third-order valence-electron chi connectivity index (χ3n) is 3.03. The normalized spacial score (nSPS) is 11.6. The zero-order chi connectivity index (χ0) is 20.2. The van der Waals surface area contributed by atoms with Gasteiger partial charge >= 0.3 is 24.1 Å². The van der Waals surface area contributed by atoms with Crippen molar-refractivity contribution in [2.45, 2.75) is 32.9 Å². The molecule has 6 nitrogen and oxygen atoms in total. The second kappa shape index (κ2) is 11.1. The second-order valence-electron chi connectivity index (χ2n) is 4.96. The van der Waals surface area contributed by atoms with Crippen LogP contribution in [0.5, 0.6) is 0 Å². The van der Waals surface area contributed by atoms with Crippen LogP contribution in [0.25, 0.3) is 0 Å². The number of alkyl halides is 3. The van der Waals surface area contributed by atoms with Crippen LogP contribution in [0.1, 0.15) is 26.7 Å². The monoisotopic (exact) mass is 378 g/mol. The van der Waals surface area contributed by atoms with Gasteiger partial charge in [0, 0.05) is 6.08 Å². The lowest BCUT2D eigenvalue weighted by atomic mass is 9.80. The molecule has 0 N–H and O–H groups in total. The van der Waals surface area contributed by atoms with E-state index in [0.717, 1.165) is 6.08 Å². The Morgan fingerprint density at radius 1 is 1.00 bits per heavy atom. The standard InChI is InChI=1S/C17H21F3O6/c1-4-7-10-16(14(22)24-5-2,15(23)25-6-3)11-8-9-13(21)26-12-17(18,19)20/h7-9H,1,5-6,10-12H2,2-3H3/b9-8+. The summed E-state index contributed by atoms with van der Waals surface area (Å²) in [7, 11) is 0. The van der Waals surface area contributed by atoms with Gasteiger partial charge in [0.25, 0.3) is 0 Å². The van der Waals surface area contributed by atoms with E-state index in [0.29, 0.717) is 6.08 Å². The van der Waals surface area contributed by atoms with Gasteiger partial charge in [0.1, 0.15) is 0 Å². The molecule has 0 aromatic carbocycles. The topological polar surface area (TPSA) is 78.9 Å². The lowest BCUT2D eigenvalue weighted by Gasteiger charge is -2.26. The Morgan fingerprint density at radius 2 is 1.54 bits per heavy atom. The van der Waals surface area contributed by atoms with Crippen molar-refractivity contribution in [2.24, 2.45) is 5.41 Å². The van der Waals surface area contributed by atoms with E-state index < -0.39 is 36.1 Å². The summed E-state index contributed by atoms with van der Waals surface area (Å²) in [6.07, 6.45) is -2.08. The van der Waals surface area contributed by atoms with Gasteiger partial charge < -0.3 is 14.2 Å². The summed E-state index contributed by atoms with van der Waals surface area (Å²) in [4.78, 5) is 36.0. The smallest absolute Gasteiger partial charge is 0.422 e. The van der Waals surface area contributed by atoms with Crippen molar-refractivity contribution in [1.29, 1.82) is 0 Å². The molecule has 26 heavy (non-hydrogen) atoms. The summed E-state index contributed by atoms with van der Waals surface area (Å²) in [6.45, 7) is 4.68. The number of carbonyl (C=O) groups is 3. The average Bonchev–Trinajstić information content (AvgIpc) is 2.56. The van der Waals surface area contributed by atoms with Gasteiger partial charge in [-0.2, -0.15) is 13.2 Å². The molecule has 0 aliphatic carbocycles. The summed E-state index contributed by atoms with van der Waals surface area (Å²) in [5.41, 5.74) is 0.614. The molecule has 0 aliphatic heterocycles. The highest BCUT2D eigenvalue weighted by molar-refractivity contribution is 6.00. The molecule has 0 spiro atoms. The lowest BCUT2D eigenvalue weighted by Crippen LogP contribution is -2.41. The first-order valence-electron chi connectivity index (χ1n) is 7.71. The van der Waals surface area contributed by atoms with Crippen LogP contribution >= 0.6 is 0 Å². The van der Waals surface area contributed by atoms with Crippen LogP contribution in [0.3, 0.4) is 0 Å². The predicted octanol–water partition coefficient (Wildman–Crippen LogP) is 2.88. The number of ether oxygens (including phenoxy) is 3. The Balaban J connectivity index is 5.39. The highest BCUT2D eigenvalue weighted by Gasteiger charge is 2.47. The van der Waals surface area contributed by atoms with E-state index in [1.807, 2.05) is 0 Å². The molecular formula is C17H21F3O6. The molecule has 0 rings (SSSR count). The van der Waals surface area contributed by atoms with Crippen LogP contribution in [-0.2, 0) is 28.6 Å². The predicted molar refractivity (Wildman–Crippen MR) is 84.8 cm³/mol. The highest BCUT2D eigenvalue weighted by atomic mass is 19.4. The third kappa shape index (κ3) is 8.02. The molecule has 0 atom stereocenters. The number of allylic oxidation sites excluding steroid dienone is 2. The first kappa shape index (κ1) is 23.5. The fourth-order valence-electron chi connectivity index (χ4n) is 1.84. The van der Waals surface area contributed by atoms with E-state index in [9.17, 15) is 27.6 Å². The Kier molecular flexibility index (Phi) is 10.1. The largest absolute Gasteiger partial charge is 0.465 e. The summed E-state index contributed by atoms with van der Waals surface area (Å²) in [6, 6.07) is 0. The van der Waals surface area contributed by atoms with Gasteiger partial charge in [0.15, 0.2) is 12.0 Å². The number of rotatable bonds is 10. The van der Waals surface area contributed by atoms with Crippen LogP contribution < -0.4 is 0 Å². The van der Waals surface area contributed by atoms with E-state index >= 15 is 0 Å². The molecule has 0 aromatic heterocycles. The average molecular weight is 378 g/mol. The van der Waals surface area contributed by atoms with Crippen LogP contribution in [-0.4, -0.2) is 43.9 Å². The van der Waals surface area contributed by atoms with E-state index in [1.165, 1.54) is 6.08 Å². The Bertz CT molecular complexity index is 556. The number of carbonyl (C=O) groups excluding carboxylic acids is 3. The van der Waals surface area contributed by atoms with Gasteiger partial charge in [-0.15, -0.1) is 5.73 Å². The van der Waals surface area contributed by atoms with Crippen LogP contribution in [0.4, 0.5) is 13.2 Å².